The standard InChI is InChI=1S/C52H36N6S/c53-28-31-5-9-37(10-6-31)49-56-50(38-11-7-32(29-54)8-12-38)58-51(57-49)39-15-20-41(21-16-39)52(42-24-33-23-34(26-42)27-43(52)25-33)40-18-13-36(14-19-40)47-46(30-55)59-45-22-17-35-3-1-2-4-44(35)48(45)47/h1-22,33-34,42-43H,23-27H2. The molecule has 0 saturated heterocycles. The van der Waals surface area contributed by atoms with E-state index in [-0.39, 0.29) is 5.41 Å². The van der Waals surface area contributed by atoms with Crippen molar-refractivity contribution in [2.45, 2.75) is 37.5 Å². The van der Waals surface area contributed by atoms with Crippen LogP contribution >= 0.6 is 11.3 Å². The lowest BCUT2D eigenvalue weighted by Gasteiger charge is -2.62. The van der Waals surface area contributed by atoms with Crippen LogP contribution in [0.4, 0.5) is 0 Å². The molecule has 2 heterocycles. The molecule has 0 amide bonds. The molecule has 6 aromatic carbocycles. The fraction of sp³-hybridized carbons (Fsp3) is 0.192. The third-order valence-electron chi connectivity index (χ3n) is 13.6. The van der Waals surface area contributed by atoms with Crippen molar-refractivity contribution in [3.8, 4) is 63.5 Å². The number of nitrogens with zero attached hydrogens (tertiary/aromatic N) is 6. The summed E-state index contributed by atoms with van der Waals surface area (Å²) in [6.45, 7) is 0. The SMILES string of the molecule is N#Cc1ccc(-c2nc(-c3ccc(C#N)cc3)nc(-c3ccc(C4(c5ccc(-c6c(C#N)sc7ccc8ccccc8c67)cc5)C5CC6CC(C5)CC4C6)cc3)n2)cc1. The number of hydrogen-bond donors (Lipinski definition) is 0. The van der Waals surface area contributed by atoms with E-state index in [1.54, 1.807) is 35.6 Å². The molecule has 4 bridgehead atoms. The van der Waals surface area contributed by atoms with E-state index in [1.165, 1.54) is 59.4 Å². The van der Waals surface area contributed by atoms with Gasteiger partial charge in [0, 0.05) is 37.8 Å². The number of aromatic nitrogens is 3. The maximum absolute atomic E-state index is 10.4. The highest BCUT2D eigenvalue weighted by Crippen LogP contribution is 2.65. The molecule has 4 aliphatic carbocycles. The van der Waals surface area contributed by atoms with Gasteiger partial charge in [-0.1, -0.05) is 78.9 Å². The molecule has 59 heavy (non-hydrogen) atoms. The zero-order valence-corrected chi connectivity index (χ0v) is 33.0. The summed E-state index contributed by atoms with van der Waals surface area (Å²) < 4.78 is 1.14. The Morgan fingerprint density at radius 1 is 0.492 bits per heavy atom. The monoisotopic (exact) mass is 776 g/mol. The number of thiophene rings is 1. The minimum Gasteiger partial charge on any atom is -0.208 e. The Labute approximate surface area is 346 Å². The van der Waals surface area contributed by atoms with E-state index in [0.717, 1.165) is 49.2 Å². The van der Waals surface area contributed by atoms with E-state index < -0.39 is 0 Å². The topological polar surface area (TPSA) is 110 Å². The molecule has 7 heteroatoms. The molecule has 0 N–H and O–H groups in total. The maximum atomic E-state index is 10.4. The third-order valence-corrected chi connectivity index (χ3v) is 14.6. The van der Waals surface area contributed by atoms with Gasteiger partial charge in [0.2, 0.25) is 0 Å². The van der Waals surface area contributed by atoms with Gasteiger partial charge in [-0.2, -0.15) is 15.8 Å². The largest absolute Gasteiger partial charge is 0.208 e. The van der Waals surface area contributed by atoms with Crippen LogP contribution in [-0.2, 0) is 5.41 Å². The summed E-state index contributed by atoms with van der Waals surface area (Å²) in [5.41, 5.74) is 8.35. The van der Waals surface area contributed by atoms with Crippen LogP contribution in [0.2, 0.25) is 0 Å². The molecule has 6 nitrogen and oxygen atoms in total. The van der Waals surface area contributed by atoms with Gasteiger partial charge in [-0.15, -0.1) is 11.3 Å². The third kappa shape index (κ3) is 5.67. The fourth-order valence-electron chi connectivity index (χ4n) is 11.2. The number of fused-ring (bicyclic) bond motifs is 3. The van der Waals surface area contributed by atoms with Crippen LogP contribution in [0.3, 0.4) is 0 Å². The summed E-state index contributed by atoms with van der Waals surface area (Å²) in [4.78, 5) is 15.6. The fourth-order valence-corrected chi connectivity index (χ4v) is 12.3. The lowest BCUT2D eigenvalue weighted by Crippen LogP contribution is -2.56. The van der Waals surface area contributed by atoms with Crippen molar-refractivity contribution in [3.05, 3.63) is 161 Å². The quantitative estimate of drug-likeness (QED) is 0.166. The molecule has 2 aromatic heterocycles. The number of benzene rings is 6. The zero-order chi connectivity index (χ0) is 39.7. The van der Waals surface area contributed by atoms with Crippen molar-refractivity contribution in [1.29, 1.82) is 15.8 Å². The van der Waals surface area contributed by atoms with Gasteiger partial charge in [-0.3, -0.25) is 0 Å². The van der Waals surface area contributed by atoms with Crippen molar-refractivity contribution in [2.75, 3.05) is 0 Å². The second-order valence-corrected chi connectivity index (χ2v) is 17.6. The molecule has 280 valence electrons. The number of rotatable bonds is 6. The van der Waals surface area contributed by atoms with Gasteiger partial charge in [-0.05, 0) is 138 Å². The molecule has 12 rings (SSSR count). The Balaban J connectivity index is 1.02. The normalized spacial score (nSPS) is 21.6. The van der Waals surface area contributed by atoms with Crippen molar-refractivity contribution < 1.29 is 0 Å². The summed E-state index contributed by atoms with van der Waals surface area (Å²) in [7, 11) is 0. The Morgan fingerprint density at radius 3 is 1.46 bits per heavy atom. The van der Waals surface area contributed by atoms with Crippen molar-refractivity contribution in [2.24, 2.45) is 23.7 Å². The van der Waals surface area contributed by atoms with E-state index >= 15 is 0 Å². The molecule has 0 radical (unpaired) electrons. The highest BCUT2D eigenvalue weighted by atomic mass is 32.1. The molecule has 0 aliphatic heterocycles. The first kappa shape index (κ1) is 35.2. The predicted molar refractivity (Wildman–Crippen MR) is 233 cm³/mol. The molecule has 0 spiro atoms. The summed E-state index contributed by atoms with van der Waals surface area (Å²) in [6, 6.07) is 52.6. The van der Waals surface area contributed by atoms with Crippen molar-refractivity contribution in [3.63, 3.8) is 0 Å². The summed E-state index contributed by atoms with van der Waals surface area (Å²) in [5, 5.41) is 32.7. The van der Waals surface area contributed by atoms with E-state index in [0.29, 0.717) is 40.4 Å². The van der Waals surface area contributed by atoms with Gasteiger partial charge in [0.05, 0.1) is 23.3 Å². The highest BCUT2D eigenvalue weighted by molar-refractivity contribution is 7.20. The lowest BCUT2D eigenvalue weighted by molar-refractivity contribution is -0.0418. The van der Waals surface area contributed by atoms with E-state index in [4.69, 9.17) is 15.0 Å². The first-order valence-corrected chi connectivity index (χ1v) is 21.2. The van der Waals surface area contributed by atoms with Gasteiger partial charge < -0.3 is 0 Å². The summed E-state index contributed by atoms with van der Waals surface area (Å²) >= 11 is 1.58. The van der Waals surface area contributed by atoms with Gasteiger partial charge in [0.25, 0.3) is 0 Å². The van der Waals surface area contributed by atoms with Crippen LogP contribution in [0.1, 0.15) is 59.2 Å². The molecule has 4 fully saturated rings. The van der Waals surface area contributed by atoms with Crippen molar-refractivity contribution in [1.82, 2.24) is 15.0 Å². The molecule has 0 atom stereocenters. The smallest absolute Gasteiger partial charge is 0.164 e. The van der Waals surface area contributed by atoms with E-state index in [9.17, 15) is 15.8 Å². The Morgan fingerprint density at radius 2 is 0.966 bits per heavy atom. The van der Waals surface area contributed by atoms with Crippen molar-refractivity contribution >= 4 is 32.2 Å². The Hall–Kier alpha value is -6.98. The van der Waals surface area contributed by atoms with Crippen LogP contribution in [0, 0.1) is 57.7 Å². The van der Waals surface area contributed by atoms with Gasteiger partial charge in [-0.25, -0.2) is 15.0 Å². The number of hydrogen-bond acceptors (Lipinski definition) is 7. The average Bonchev–Trinajstić information content (AvgIpc) is 3.69. The minimum absolute atomic E-state index is 0.119. The Bertz CT molecular complexity index is 2970. The molecular weight excluding hydrogens is 741 g/mol. The molecule has 4 aliphatic rings. The van der Waals surface area contributed by atoms with Crippen LogP contribution in [-0.4, -0.2) is 15.0 Å². The summed E-state index contributed by atoms with van der Waals surface area (Å²) in [5.74, 6) is 4.33. The minimum atomic E-state index is -0.119. The van der Waals surface area contributed by atoms with Crippen LogP contribution in [0.25, 0.3) is 66.1 Å². The van der Waals surface area contributed by atoms with E-state index in [2.05, 4.69) is 103 Å². The second-order valence-electron chi connectivity index (χ2n) is 16.6. The lowest BCUT2D eigenvalue weighted by atomic mass is 9.42. The number of nitriles is 3. The average molecular weight is 777 g/mol. The van der Waals surface area contributed by atoms with Gasteiger partial charge in [0.1, 0.15) is 10.9 Å². The second kappa shape index (κ2) is 13.8. The van der Waals surface area contributed by atoms with Crippen LogP contribution < -0.4 is 0 Å². The van der Waals surface area contributed by atoms with Crippen LogP contribution in [0.5, 0.6) is 0 Å². The predicted octanol–water partition coefficient (Wildman–Crippen LogP) is 12.3. The first-order chi connectivity index (χ1) is 29.0. The maximum Gasteiger partial charge on any atom is 0.164 e. The van der Waals surface area contributed by atoms with E-state index in [1.807, 2.05) is 24.3 Å². The molecule has 4 saturated carbocycles. The first-order valence-electron chi connectivity index (χ1n) is 20.4. The van der Waals surface area contributed by atoms with Gasteiger partial charge >= 0.3 is 0 Å². The van der Waals surface area contributed by atoms with Crippen LogP contribution in [0.15, 0.2) is 133 Å². The molecule has 8 aromatic rings. The molecular formula is C52H36N6S. The zero-order valence-electron chi connectivity index (χ0n) is 32.1. The summed E-state index contributed by atoms with van der Waals surface area (Å²) in [6.07, 6.45) is 6.40. The Kier molecular flexibility index (Phi) is 8.26. The highest BCUT2D eigenvalue weighted by Gasteiger charge is 2.58. The van der Waals surface area contributed by atoms with Gasteiger partial charge in [0.15, 0.2) is 17.5 Å². The molecule has 0 unspecified atom stereocenters.